The average molecular weight is 392 g/mol. The van der Waals surface area contributed by atoms with Crippen molar-refractivity contribution in [2.75, 3.05) is 0 Å². The molecule has 4 aromatic heterocycles. The lowest BCUT2D eigenvalue weighted by molar-refractivity contribution is 0.0847. The minimum atomic E-state index is -0.447. The van der Waals surface area contributed by atoms with Gasteiger partial charge in [-0.3, -0.25) is 25.4 Å². The number of amides is 2. The van der Waals surface area contributed by atoms with E-state index in [9.17, 15) is 9.59 Å². The lowest BCUT2D eigenvalue weighted by Gasteiger charge is -2.09. The topological polar surface area (TPSA) is 102 Å². The third-order valence-corrected chi connectivity index (χ3v) is 4.94. The molecule has 2 N–H and O–H groups in total. The van der Waals surface area contributed by atoms with Crippen LogP contribution in [0.2, 0.25) is 0 Å². The Morgan fingerprint density at radius 3 is 2.75 bits per heavy atom. The van der Waals surface area contributed by atoms with Crippen molar-refractivity contribution in [1.29, 1.82) is 0 Å². The molecule has 4 aromatic rings. The van der Waals surface area contributed by atoms with Gasteiger partial charge in [0.1, 0.15) is 0 Å². The number of pyridine rings is 2. The fourth-order valence-electron chi connectivity index (χ4n) is 2.78. The van der Waals surface area contributed by atoms with Crippen molar-refractivity contribution >= 4 is 34.2 Å². The molecule has 4 rings (SSSR count). The molecule has 0 aliphatic carbocycles. The molecule has 0 saturated heterocycles. The van der Waals surface area contributed by atoms with E-state index in [2.05, 4.69) is 25.9 Å². The van der Waals surface area contributed by atoms with Crippen molar-refractivity contribution in [3.63, 3.8) is 0 Å². The Bertz CT molecular complexity index is 1140. The summed E-state index contributed by atoms with van der Waals surface area (Å²) in [6.07, 6.45) is 4.61. The van der Waals surface area contributed by atoms with Crippen LogP contribution in [0.3, 0.4) is 0 Å². The van der Waals surface area contributed by atoms with E-state index in [0.717, 1.165) is 4.88 Å². The minimum Gasteiger partial charge on any atom is -0.267 e. The van der Waals surface area contributed by atoms with Gasteiger partial charge in [-0.25, -0.2) is 9.67 Å². The van der Waals surface area contributed by atoms with Gasteiger partial charge >= 0.3 is 0 Å². The zero-order valence-electron chi connectivity index (χ0n) is 14.9. The molecule has 4 heterocycles. The molecular formula is C19H16N6O2S. The molecule has 140 valence electrons. The summed E-state index contributed by atoms with van der Waals surface area (Å²) in [5, 5.41) is 7.01. The number of hydrazine groups is 1. The highest BCUT2D eigenvalue weighted by Gasteiger charge is 2.17. The van der Waals surface area contributed by atoms with E-state index in [1.807, 2.05) is 24.4 Å². The molecule has 0 aliphatic rings. The number of hydrogen-bond acceptors (Lipinski definition) is 6. The van der Waals surface area contributed by atoms with E-state index in [4.69, 9.17) is 0 Å². The molecule has 0 unspecified atom stereocenters. The second kappa shape index (κ2) is 7.57. The number of aromatic nitrogens is 4. The second-order valence-electron chi connectivity index (χ2n) is 6.08. The molecule has 0 radical (unpaired) electrons. The van der Waals surface area contributed by atoms with Crippen molar-refractivity contribution in [3.05, 3.63) is 76.0 Å². The van der Waals surface area contributed by atoms with Crippen molar-refractivity contribution < 1.29 is 9.59 Å². The molecule has 0 bridgehead atoms. The van der Waals surface area contributed by atoms with Gasteiger partial charge in [-0.2, -0.15) is 5.10 Å². The van der Waals surface area contributed by atoms with Gasteiger partial charge in [-0.1, -0.05) is 6.07 Å². The third-order valence-electron chi connectivity index (χ3n) is 4.08. The van der Waals surface area contributed by atoms with Crippen LogP contribution in [-0.2, 0) is 6.54 Å². The van der Waals surface area contributed by atoms with Crippen LogP contribution in [-0.4, -0.2) is 31.6 Å². The van der Waals surface area contributed by atoms with E-state index in [0.29, 0.717) is 34.4 Å². The van der Waals surface area contributed by atoms with E-state index >= 15 is 0 Å². The number of carbonyl (C=O) groups excluding carboxylic acids is 2. The quantitative estimate of drug-likeness (QED) is 0.519. The summed E-state index contributed by atoms with van der Waals surface area (Å²) in [6, 6.07) is 8.93. The van der Waals surface area contributed by atoms with Crippen LogP contribution in [0.4, 0.5) is 0 Å². The fourth-order valence-corrected chi connectivity index (χ4v) is 3.46. The first-order chi connectivity index (χ1) is 13.6. The maximum absolute atomic E-state index is 12.7. The maximum atomic E-state index is 12.7. The van der Waals surface area contributed by atoms with Crippen LogP contribution < -0.4 is 10.9 Å². The van der Waals surface area contributed by atoms with E-state index < -0.39 is 11.8 Å². The number of nitrogens with one attached hydrogen (secondary N) is 2. The first-order valence-corrected chi connectivity index (χ1v) is 9.36. The number of nitrogens with zero attached hydrogens (tertiary/aromatic N) is 4. The molecule has 28 heavy (non-hydrogen) atoms. The van der Waals surface area contributed by atoms with Crippen molar-refractivity contribution in [3.8, 4) is 0 Å². The predicted molar refractivity (Wildman–Crippen MR) is 105 cm³/mol. The Morgan fingerprint density at radius 2 is 2.00 bits per heavy atom. The smallest absolute Gasteiger partial charge is 0.267 e. The largest absolute Gasteiger partial charge is 0.271 e. The summed E-state index contributed by atoms with van der Waals surface area (Å²) in [5.74, 6) is -0.889. The lowest BCUT2D eigenvalue weighted by atomic mass is 10.1. The molecule has 0 aliphatic heterocycles. The predicted octanol–water partition coefficient (Wildman–Crippen LogP) is 2.32. The Hall–Kier alpha value is -3.59. The SMILES string of the molecule is Cc1cc(C(=O)NNC(=O)c2cccnc2)c2cnn(Cc3cccs3)c2n1. The number of fused-ring (bicyclic) bond motifs is 1. The molecule has 0 atom stereocenters. The van der Waals surface area contributed by atoms with Crippen molar-refractivity contribution in [2.45, 2.75) is 13.5 Å². The molecule has 8 nitrogen and oxygen atoms in total. The van der Waals surface area contributed by atoms with Crippen LogP contribution in [0, 0.1) is 6.92 Å². The van der Waals surface area contributed by atoms with Gasteiger partial charge in [0.15, 0.2) is 5.65 Å². The Balaban J connectivity index is 1.57. The standard InChI is InChI=1S/C19H16N6O2S/c1-12-8-15(19(27)24-23-18(26)13-4-2-6-20-9-13)16-10-21-25(17(16)22-12)11-14-5-3-7-28-14/h2-10H,11H2,1H3,(H,23,26)(H,24,27). The molecule has 2 amide bonds. The zero-order chi connectivity index (χ0) is 19.5. The molecular weight excluding hydrogens is 376 g/mol. The summed E-state index contributed by atoms with van der Waals surface area (Å²) in [6.45, 7) is 2.39. The van der Waals surface area contributed by atoms with Gasteiger partial charge < -0.3 is 0 Å². The molecule has 0 aromatic carbocycles. The minimum absolute atomic E-state index is 0.350. The van der Waals surface area contributed by atoms with Gasteiger partial charge in [0.2, 0.25) is 0 Å². The molecule has 0 spiro atoms. The monoisotopic (exact) mass is 392 g/mol. The summed E-state index contributed by atoms with van der Waals surface area (Å²) in [4.78, 5) is 34.3. The molecule has 0 saturated carbocycles. The second-order valence-corrected chi connectivity index (χ2v) is 7.11. The highest BCUT2D eigenvalue weighted by Crippen LogP contribution is 2.20. The maximum Gasteiger partial charge on any atom is 0.271 e. The van der Waals surface area contributed by atoms with E-state index in [1.165, 1.54) is 6.20 Å². The van der Waals surface area contributed by atoms with Crippen LogP contribution in [0.15, 0.2) is 54.3 Å². The lowest BCUT2D eigenvalue weighted by Crippen LogP contribution is -2.41. The van der Waals surface area contributed by atoms with E-state index in [1.54, 1.807) is 46.6 Å². The highest BCUT2D eigenvalue weighted by molar-refractivity contribution is 7.09. The normalized spacial score (nSPS) is 10.8. The van der Waals surface area contributed by atoms with Gasteiger partial charge in [-0.05, 0) is 36.6 Å². The average Bonchev–Trinajstić information content (AvgIpc) is 3.36. The summed E-state index contributed by atoms with van der Waals surface area (Å²) < 4.78 is 1.76. The van der Waals surface area contributed by atoms with Gasteiger partial charge in [0.25, 0.3) is 11.8 Å². The number of thiophene rings is 1. The highest BCUT2D eigenvalue weighted by atomic mass is 32.1. The van der Waals surface area contributed by atoms with E-state index in [-0.39, 0.29) is 0 Å². The summed E-state index contributed by atoms with van der Waals surface area (Å²) in [5.41, 5.74) is 6.89. The number of aryl methyl sites for hydroxylation is 1. The Kier molecular flexibility index (Phi) is 4.81. The summed E-state index contributed by atoms with van der Waals surface area (Å²) >= 11 is 1.63. The van der Waals surface area contributed by atoms with Crippen LogP contribution in [0.25, 0.3) is 11.0 Å². The van der Waals surface area contributed by atoms with Crippen LogP contribution in [0.1, 0.15) is 31.3 Å². The molecule has 9 heteroatoms. The zero-order valence-corrected chi connectivity index (χ0v) is 15.7. The molecule has 0 fully saturated rings. The van der Waals surface area contributed by atoms with Crippen molar-refractivity contribution in [1.82, 2.24) is 30.6 Å². The van der Waals surface area contributed by atoms with Crippen molar-refractivity contribution in [2.24, 2.45) is 0 Å². The number of hydrogen-bond donors (Lipinski definition) is 2. The Labute approximate surface area is 164 Å². The van der Waals surface area contributed by atoms with Gasteiger partial charge in [-0.15, -0.1) is 11.3 Å². The number of rotatable bonds is 4. The number of carbonyl (C=O) groups is 2. The van der Waals surface area contributed by atoms with Crippen LogP contribution in [0.5, 0.6) is 0 Å². The fraction of sp³-hybridized carbons (Fsp3) is 0.105. The Morgan fingerprint density at radius 1 is 1.14 bits per heavy atom. The first-order valence-electron chi connectivity index (χ1n) is 8.48. The van der Waals surface area contributed by atoms with Crippen LogP contribution >= 0.6 is 11.3 Å². The summed E-state index contributed by atoms with van der Waals surface area (Å²) in [7, 11) is 0. The van der Waals surface area contributed by atoms with Gasteiger partial charge in [0.05, 0.1) is 29.3 Å². The first kappa shape index (κ1) is 17.8. The third kappa shape index (κ3) is 3.60. The van der Waals surface area contributed by atoms with Gasteiger partial charge in [0, 0.05) is 23.0 Å².